The summed E-state index contributed by atoms with van der Waals surface area (Å²) in [7, 11) is 0. The fraction of sp³-hybridized carbons (Fsp3) is 0.583. The lowest BCUT2D eigenvalue weighted by molar-refractivity contribution is 0.131. The lowest BCUT2D eigenvalue weighted by Crippen LogP contribution is -2.40. The number of aromatic nitrogens is 2. The Hall–Kier alpha value is -1.81. The third-order valence-electron chi connectivity index (χ3n) is 5.56. The van der Waals surface area contributed by atoms with Gasteiger partial charge in [0, 0.05) is 24.0 Å². The molecule has 0 atom stereocenters. The van der Waals surface area contributed by atoms with E-state index in [9.17, 15) is 4.39 Å². The number of rotatable bonds is 5. The van der Waals surface area contributed by atoms with Gasteiger partial charge in [-0.1, -0.05) is 63.0 Å². The van der Waals surface area contributed by atoms with Crippen molar-refractivity contribution in [2.24, 2.45) is 0 Å². The van der Waals surface area contributed by atoms with Gasteiger partial charge in [-0.3, -0.25) is 0 Å². The smallest absolute Gasteiger partial charge is 0.300 e. The van der Waals surface area contributed by atoms with E-state index in [0.717, 1.165) is 29.2 Å². The van der Waals surface area contributed by atoms with E-state index < -0.39 is 6.08 Å². The minimum Gasteiger partial charge on any atom is -0.300 e. The van der Waals surface area contributed by atoms with Gasteiger partial charge in [-0.05, 0) is 57.7 Å². The largest absolute Gasteiger partial charge is 0.308 e. The van der Waals surface area contributed by atoms with Gasteiger partial charge >= 0.3 is 6.08 Å². The van der Waals surface area contributed by atoms with Gasteiger partial charge in [-0.25, -0.2) is 9.97 Å². The second kappa shape index (κ2) is 12.6. The number of piperidine rings is 1. The number of allylic oxidation sites excluding steroid dienone is 5. The monoisotopic (exact) mass is 385 g/mol. The highest BCUT2D eigenvalue weighted by Crippen LogP contribution is 2.24. The van der Waals surface area contributed by atoms with Crippen LogP contribution < -0.4 is 0 Å². The molecule has 1 aliphatic heterocycles. The maximum atomic E-state index is 12.6. The van der Waals surface area contributed by atoms with Crippen LogP contribution in [0.1, 0.15) is 77.2 Å². The van der Waals surface area contributed by atoms with E-state index >= 15 is 0 Å². The first-order valence-corrected chi connectivity index (χ1v) is 10.9. The average Bonchev–Trinajstić information content (AvgIpc) is 2.75. The van der Waals surface area contributed by atoms with Gasteiger partial charge in [-0.2, -0.15) is 4.39 Å². The molecule has 3 rings (SSSR count). The number of hydrogen-bond acceptors (Lipinski definition) is 3. The summed E-state index contributed by atoms with van der Waals surface area (Å²) in [5, 5.41) is 0. The molecule has 1 aliphatic carbocycles. The fourth-order valence-corrected chi connectivity index (χ4v) is 3.98. The highest BCUT2D eigenvalue weighted by atomic mass is 19.1. The first-order valence-electron chi connectivity index (χ1n) is 10.9. The van der Waals surface area contributed by atoms with Crippen LogP contribution in [-0.2, 0) is 0 Å². The van der Waals surface area contributed by atoms with Gasteiger partial charge in [0.1, 0.15) is 0 Å². The molecular weight excluding hydrogens is 349 g/mol. The van der Waals surface area contributed by atoms with Crippen LogP contribution in [0.15, 0.2) is 42.8 Å². The van der Waals surface area contributed by atoms with Crippen LogP contribution in [0.3, 0.4) is 0 Å². The number of likely N-dealkylation sites (tertiary alicyclic amines) is 1. The Labute approximate surface area is 170 Å². The van der Waals surface area contributed by atoms with Crippen molar-refractivity contribution in [2.45, 2.75) is 77.7 Å². The predicted octanol–water partition coefficient (Wildman–Crippen LogP) is 6.35. The topological polar surface area (TPSA) is 29.0 Å². The fourth-order valence-electron chi connectivity index (χ4n) is 3.98. The third kappa shape index (κ3) is 7.67. The molecule has 4 heteroatoms. The molecule has 0 aromatic carbocycles. The van der Waals surface area contributed by atoms with Crippen LogP contribution in [0.4, 0.5) is 4.39 Å². The summed E-state index contributed by atoms with van der Waals surface area (Å²) in [6, 6.07) is 0.971. The van der Waals surface area contributed by atoms with Crippen LogP contribution in [0, 0.1) is 6.08 Å². The molecule has 0 amide bonds. The summed E-state index contributed by atoms with van der Waals surface area (Å²) in [5.41, 5.74) is 2.84. The summed E-state index contributed by atoms with van der Waals surface area (Å²) >= 11 is 0. The molecule has 1 saturated carbocycles. The van der Waals surface area contributed by atoms with Crippen molar-refractivity contribution in [1.82, 2.24) is 14.9 Å². The molecule has 28 heavy (non-hydrogen) atoms. The quantitative estimate of drug-likeness (QED) is 0.437. The second-order valence-corrected chi connectivity index (χ2v) is 7.79. The molecular formula is C24H36FN3. The molecule has 0 radical (unpaired) electrons. The van der Waals surface area contributed by atoms with E-state index in [2.05, 4.69) is 21.4 Å². The van der Waals surface area contributed by atoms with E-state index in [4.69, 9.17) is 0 Å². The zero-order chi connectivity index (χ0) is 20.2. The van der Waals surface area contributed by atoms with E-state index in [1.54, 1.807) is 6.08 Å². The number of halogens is 1. The summed E-state index contributed by atoms with van der Waals surface area (Å²) in [4.78, 5) is 9.84. The van der Waals surface area contributed by atoms with Crippen LogP contribution in [0.5, 0.6) is 0 Å². The second-order valence-electron chi connectivity index (χ2n) is 7.79. The highest BCUT2D eigenvalue weighted by Gasteiger charge is 2.21. The SMILES string of the molecule is C1CCC(N2CCCCC2)CC1.C=C/C(C)=C\C(=C/CC)c1cnc(F)nc1. The Morgan fingerprint density at radius 3 is 2.29 bits per heavy atom. The molecule has 1 aromatic rings. The Balaban J connectivity index is 0.000000207. The Kier molecular flexibility index (Phi) is 10.1. The van der Waals surface area contributed by atoms with Crippen LogP contribution >= 0.6 is 0 Å². The maximum Gasteiger partial charge on any atom is 0.308 e. The van der Waals surface area contributed by atoms with Crippen molar-refractivity contribution in [3.63, 3.8) is 0 Å². The summed E-state index contributed by atoms with van der Waals surface area (Å²) in [5.74, 6) is 0. The molecule has 2 aliphatic rings. The molecule has 3 nitrogen and oxygen atoms in total. The minimum absolute atomic E-state index is 0.705. The lowest BCUT2D eigenvalue weighted by Gasteiger charge is -2.36. The normalized spacial score (nSPS) is 19.7. The zero-order valence-electron chi connectivity index (χ0n) is 17.7. The predicted molar refractivity (Wildman–Crippen MR) is 117 cm³/mol. The van der Waals surface area contributed by atoms with Gasteiger partial charge in [-0.15, -0.1) is 0 Å². The van der Waals surface area contributed by atoms with Crippen molar-refractivity contribution in [2.75, 3.05) is 13.1 Å². The minimum atomic E-state index is -0.705. The van der Waals surface area contributed by atoms with Gasteiger partial charge in [0.25, 0.3) is 0 Å². The standard InChI is InChI=1S/C13H15FN2.C11H21N/c1-4-6-11(7-10(3)5-2)12-8-15-13(14)16-9-12;1-3-7-11(8-4-1)12-9-5-2-6-10-12/h5-9H,2,4H2,1,3H3;11H,1-10H2/b10-7-,11-6+;. The Morgan fingerprint density at radius 1 is 1.11 bits per heavy atom. The van der Waals surface area contributed by atoms with Crippen molar-refractivity contribution in [3.8, 4) is 0 Å². The van der Waals surface area contributed by atoms with Gasteiger partial charge in [0.15, 0.2) is 0 Å². The molecule has 0 spiro atoms. The van der Waals surface area contributed by atoms with Gasteiger partial charge in [0.2, 0.25) is 0 Å². The van der Waals surface area contributed by atoms with Gasteiger partial charge in [0.05, 0.1) is 0 Å². The molecule has 1 aromatic heterocycles. The molecule has 2 heterocycles. The van der Waals surface area contributed by atoms with Crippen LogP contribution in [0.25, 0.3) is 5.57 Å². The molecule has 1 saturated heterocycles. The van der Waals surface area contributed by atoms with Crippen molar-refractivity contribution in [3.05, 3.63) is 54.4 Å². The van der Waals surface area contributed by atoms with Crippen molar-refractivity contribution < 1.29 is 4.39 Å². The zero-order valence-corrected chi connectivity index (χ0v) is 17.7. The molecule has 0 bridgehead atoms. The third-order valence-corrected chi connectivity index (χ3v) is 5.56. The highest BCUT2D eigenvalue weighted by molar-refractivity contribution is 5.74. The molecule has 154 valence electrons. The van der Waals surface area contributed by atoms with E-state index in [0.29, 0.717) is 0 Å². The summed E-state index contributed by atoms with van der Waals surface area (Å²) < 4.78 is 12.6. The first kappa shape index (κ1) is 22.5. The maximum absolute atomic E-state index is 12.6. The van der Waals surface area contributed by atoms with E-state index in [1.807, 2.05) is 26.0 Å². The van der Waals surface area contributed by atoms with Gasteiger partial charge < -0.3 is 4.90 Å². The average molecular weight is 386 g/mol. The van der Waals surface area contributed by atoms with E-state index in [1.165, 1.54) is 76.8 Å². The van der Waals surface area contributed by atoms with Crippen molar-refractivity contribution in [1.29, 1.82) is 0 Å². The van der Waals surface area contributed by atoms with Crippen LogP contribution in [0.2, 0.25) is 0 Å². The number of nitrogens with zero attached hydrogens (tertiary/aromatic N) is 3. The summed E-state index contributed by atoms with van der Waals surface area (Å²) in [6.45, 7) is 10.5. The Morgan fingerprint density at radius 2 is 1.71 bits per heavy atom. The Bertz CT molecular complexity index is 620. The first-order chi connectivity index (χ1) is 13.6. The summed E-state index contributed by atoms with van der Waals surface area (Å²) in [6.07, 6.45) is 20.8. The molecule has 2 fully saturated rings. The molecule has 0 N–H and O–H groups in total. The lowest BCUT2D eigenvalue weighted by atomic mass is 9.93. The van der Waals surface area contributed by atoms with Crippen LogP contribution in [-0.4, -0.2) is 34.0 Å². The number of hydrogen-bond donors (Lipinski definition) is 0. The molecule has 0 unspecified atom stereocenters. The van der Waals surface area contributed by atoms with E-state index in [-0.39, 0.29) is 0 Å². The van der Waals surface area contributed by atoms with Crippen molar-refractivity contribution >= 4 is 5.57 Å².